The largest absolute Gasteiger partial charge is 0.286 e. The fraction of sp³-hybridized carbons (Fsp3) is 0.217. The van der Waals surface area contributed by atoms with Gasteiger partial charge in [0.1, 0.15) is 0 Å². The highest BCUT2D eigenvalue weighted by atomic mass is 35.5. The molecular formula is C23H22ClN. The summed E-state index contributed by atoms with van der Waals surface area (Å²) in [4.78, 5) is 2.60. The van der Waals surface area contributed by atoms with E-state index in [4.69, 9.17) is 11.6 Å². The van der Waals surface area contributed by atoms with Gasteiger partial charge in [-0.05, 0) is 48.7 Å². The maximum absolute atomic E-state index is 6.76. The van der Waals surface area contributed by atoms with Gasteiger partial charge in [-0.1, -0.05) is 90.5 Å². The van der Waals surface area contributed by atoms with Crippen LogP contribution < -0.4 is 0 Å². The minimum atomic E-state index is -0.350. The van der Waals surface area contributed by atoms with Crippen LogP contribution in [-0.4, -0.2) is 18.0 Å². The van der Waals surface area contributed by atoms with Crippen LogP contribution in [0.25, 0.3) is 0 Å². The van der Waals surface area contributed by atoms with Crippen molar-refractivity contribution in [2.75, 3.05) is 13.1 Å². The van der Waals surface area contributed by atoms with Gasteiger partial charge in [-0.2, -0.15) is 0 Å². The lowest BCUT2D eigenvalue weighted by molar-refractivity contribution is 0.199. The van der Waals surface area contributed by atoms with E-state index in [0.29, 0.717) is 0 Å². The highest BCUT2D eigenvalue weighted by molar-refractivity contribution is 6.31. The van der Waals surface area contributed by atoms with Crippen molar-refractivity contribution in [1.29, 1.82) is 0 Å². The van der Waals surface area contributed by atoms with Gasteiger partial charge in [0.25, 0.3) is 0 Å². The summed E-state index contributed by atoms with van der Waals surface area (Å²) in [6.45, 7) is 2.16. The molecule has 25 heavy (non-hydrogen) atoms. The molecule has 1 aliphatic rings. The van der Waals surface area contributed by atoms with Crippen molar-refractivity contribution in [3.8, 4) is 0 Å². The molecule has 1 aliphatic heterocycles. The van der Waals surface area contributed by atoms with E-state index in [1.54, 1.807) is 0 Å². The van der Waals surface area contributed by atoms with Crippen LogP contribution in [0.4, 0.5) is 0 Å². The Kier molecular flexibility index (Phi) is 4.61. The highest BCUT2D eigenvalue weighted by Crippen LogP contribution is 2.46. The van der Waals surface area contributed by atoms with Crippen LogP contribution in [0.15, 0.2) is 84.9 Å². The molecule has 3 aromatic rings. The Morgan fingerprint density at radius 2 is 1.12 bits per heavy atom. The molecule has 4 rings (SSSR count). The minimum Gasteiger partial charge on any atom is -0.286 e. The highest BCUT2D eigenvalue weighted by Gasteiger charge is 2.44. The number of hydrogen-bond donors (Lipinski definition) is 0. The molecule has 0 N–H and O–H groups in total. The number of halogens is 1. The molecule has 0 saturated carbocycles. The number of hydrogen-bond acceptors (Lipinski definition) is 1. The first-order valence-electron chi connectivity index (χ1n) is 8.94. The molecule has 126 valence electrons. The molecule has 3 aromatic carbocycles. The first kappa shape index (κ1) is 16.4. The maximum Gasteiger partial charge on any atom is 0.0987 e. The van der Waals surface area contributed by atoms with Crippen LogP contribution in [0.2, 0.25) is 5.02 Å². The maximum atomic E-state index is 6.76. The van der Waals surface area contributed by atoms with Crippen molar-refractivity contribution >= 4 is 11.6 Å². The molecule has 0 aliphatic carbocycles. The lowest BCUT2D eigenvalue weighted by Gasteiger charge is -2.44. The zero-order valence-corrected chi connectivity index (χ0v) is 15.0. The number of rotatable bonds is 4. The van der Waals surface area contributed by atoms with Gasteiger partial charge < -0.3 is 0 Å². The van der Waals surface area contributed by atoms with Gasteiger partial charge >= 0.3 is 0 Å². The molecule has 0 bridgehead atoms. The molecular weight excluding hydrogens is 326 g/mol. The van der Waals surface area contributed by atoms with Crippen LogP contribution >= 0.6 is 11.6 Å². The first-order valence-corrected chi connectivity index (χ1v) is 9.32. The summed E-state index contributed by atoms with van der Waals surface area (Å²) in [7, 11) is 0. The molecule has 0 radical (unpaired) electrons. The van der Waals surface area contributed by atoms with Crippen LogP contribution in [0.5, 0.6) is 0 Å². The summed E-state index contributed by atoms with van der Waals surface area (Å²) >= 11 is 6.76. The van der Waals surface area contributed by atoms with Crippen LogP contribution in [-0.2, 0) is 5.54 Å². The van der Waals surface area contributed by atoms with Crippen molar-refractivity contribution in [3.63, 3.8) is 0 Å². The summed E-state index contributed by atoms with van der Waals surface area (Å²) in [6, 6.07) is 29.9. The third-order valence-electron chi connectivity index (χ3n) is 5.23. The average Bonchev–Trinajstić information content (AvgIpc) is 3.21. The van der Waals surface area contributed by atoms with E-state index in [-0.39, 0.29) is 5.54 Å². The molecule has 1 nitrogen and oxygen atoms in total. The zero-order valence-electron chi connectivity index (χ0n) is 14.2. The number of likely N-dealkylation sites (tertiary alicyclic amines) is 1. The number of benzene rings is 3. The lowest BCUT2D eigenvalue weighted by atomic mass is 9.75. The second-order valence-corrected chi connectivity index (χ2v) is 7.02. The summed E-state index contributed by atoms with van der Waals surface area (Å²) in [5.41, 5.74) is 3.36. The standard InChI is InChI=1S/C23H22ClN/c24-22-16-8-7-15-21(22)23(25-17-9-10-18-25,19-11-3-1-4-12-19)20-13-5-2-6-14-20/h1-8,11-16H,9-10,17-18H2. The molecule has 0 aromatic heterocycles. The smallest absolute Gasteiger partial charge is 0.0987 e. The summed E-state index contributed by atoms with van der Waals surface area (Å²) in [5.74, 6) is 0. The van der Waals surface area contributed by atoms with E-state index in [9.17, 15) is 0 Å². The second kappa shape index (κ2) is 7.03. The summed E-state index contributed by atoms with van der Waals surface area (Å²) in [5, 5.41) is 0.821. The van der Waals surface area contributed by atoms with Gasteiger partial charge in [-0.3, -0.25) is 4.90 Å². The fourth-order valence-electron chi connectivity index (χ4n) is 4.18. The Bertz CT molecular complexity index is 783. The molecule has 1 heterocycles. The third kappa shape index (κ3) is 2.78. The van der Waals surface area contributed by atoms with E-state index in [2.05, 4.69) is 77.7 Å². The number of nitrogens with zero attached hydrogens (tertiary/aromatic N) is 1. The SMILES string of the molecule is Clc1ccccc1C(c1ccccc1)(c1ccccc1)N1CCCC1. The molecule has 0 amide bonds. The van der Waals surface area contributed by atoms with Crippen LogP contribution in [0.3, 0.4) is 0 Å². The monoisotopic (exact) mass is 347 g/mol. The first-order chi connectivity index (χ1) is 12.3. The molecule has 0 atom stereocenters. The zero-order chi connectivity index (χ0) is 17.1. The quantitative estimate of drug-likeness (QED) is 0.545. The van der Waals surface area contributed by atoms with Crippen molar-refractivity contribution < 1.29 is 0 Å². The topological polar surface area (TPSA) is 3.24 Å². The van der Waals surface area contributed by atoms with Gasteiger partial charge in [0.2, 0.25) is 0 Å². The molecule has 1 saturated heterocycles. The summed E-state index contributed by atoms with van der Waals surface area (Å²) in [6.07, 6.45) is 2.46. The lowest BCUT2D eigenvalue weighted by Crippen LogP contribution is -2.46. The van der Waals surface area contributed by atoms with Crippen molar-refractivity contribution in [2.45, 2.75) is 18.4 Å². The minimum absolute atomic E-state index is 0.350. The summed E-state index contributed by atoms with van der Waals surface area (Å²) < 4.78 is 0. The molecule has 0 unspecified atom stereocenters. The van der Waals surface area contributed by atoms with Crippen molar-refractivity contribution in [2.24, 2.45) is 0 Å². The Hall–Kier alpha value is -2.09. The molecule has 1 fully saturated rings. The van der Waals surface area contributed by atoms with Gasteiger partial charge in [0.15, 0.2) is 0 Å². The molecule has 0 spiro atoms. The Morgan fingerprint density at radius 1 is 0.640 bits per heavy atom. The van der Waals surface area contributed by atoms with Crippen LogP contribution in [0, 0.1) is 0 Å². The van der Waals surface area contributed by atoms with E-state index in [1.165, 1.54) is 24.0 Å². The third-order valence-corrected chi connectivity index (χ3v) is 5.56. The van der Waals surface area contributed by atoms with Gasteiger partial charge in [-0.15, -0.1) is 0 Å². The normalized spacial score (nSPS) is 15.4. The fourth-order valence-corrected chi connectivity index (χ4v) is 4.45. The van der Waals surface area contributed by atoms with Crippen LogP contribution in [0.1, 0.15) is 29.5 Å². The van der Waals surface area contributed by atoms with Gasteiger partial charge in [0.05, 0.1) is 5.54 Å². The Labute approximate surface area is 154 Å². The predicted octanol–water partition coefficient (Wildman–Crippen LogP) is 5.73. The van der Waals surface area contributed by atoms with E-state index in [0.717, 1.165) is 23.7 Å². The van der Waals surface area contributed by atoms with E-state index >= 15 is 0 Å². The van der Waals surface area contributed by atoms with Crippen molar-refractivity contribution in [3.05, 3.63) is 107 Å². The molecule has 2 heteroatoms. The van der Waals surface area contributed by atoms with Crippen molar-refractivity contribution in [1.82, 2.24) is 4.90 Å². The van der Waals surface area contributed by atoms with E-state index < -0.39 is 0 Å². The second-order valence-electron chi connectivity index (χ2n) is 6.62. The van der Waals surface area contributed by atoms with Gasteiger partial charge in [0, 0.05) is 5.02 Å². The van der Waals surface area contributed by atoms with E-state index in [1.807, 2.05) is 12.1 Å². The Morgan fingerprint density at radius 3 is 1.64 bits per heavy atom. The van der Waals surface area contributed by atoms with Gasteiger partial charge in [-0.25, -0.2) is 0 Å². The average molecular weight is 348 g/mol. The predicted molar refractivity (Wildman–Crippen MR) is 105 cm³/mol. The Balaban J connectivity index is 2.07.